The van der Waals surface area contributed by atoms with Crippen molar-refractivity contribution in [3.05, 3.63) is 94.0 Å². The molecule has 6 heteroatoms. The van der Waals surface area contributed by atoms with E-state index in [4.69, 9.17) is 14.2 Å². The fourth-order valence-corrected chi connectivity index (χ4v) is 5.57. The van der Waals surface area contributed by atoms with E-state index in [2.05, 4.69) is 125 Å². The first-order chi connectivity index (χ1) is 18.3. The molecule has 0 saturated carbocycles. The third-order valence-corrected chi connectivity index (χ3v) is 7.27. The second kappa shape index (κ2) is 15.4. The molecule has 40 heavy (non-hydrogen) atoms. The molecule has 0 N–H and O–H groups in total. The molecule has 0 amide bonds. The van der Waals surface area contributed by atoms with Gasteiger partial charge in [0.15, 0.2) is 0 Å². The van der Waals surface area contributed by atoms with E-state index < -0.39 is 0 Å². The van der Waals surface area contributed by atoms with Crippen LogP contribution in [0.15, 0.2) is 77.3 Å². The van der Waals surface area contributed by atoms with E-state index in [9.17, 15) is 0 Å². The summed E-state index contributed by atoms with van der Waals surface area (Å²) in [5, 5.41) is 0. The first kappa shape index (κ1) is 34.3. The Kier molecular flexibility index (Phi) is 13.2. The minimum Gasteiger partial charge on any atom is -1.00 e. The van der Waals surface area contributed by atoms with Gasteiger partial charge in [-0.05, 0) is 76.9 Å². The molecule has 0 bridgehead atoms. The molecular formula is C34H47Br2NO3. The van der Waals surface area contributed by atoms with Crippen LogP contribution in [0.2, 0.25) is 0 Å². The van der Waals surface area contributed by atoms with E-state index in [1.165, 1.54) is 11.1 Å². The molecule has 4 nitrogen and oxygen atoms in total. The molecule has 0 radical (unpaired) electrons. The Balaban J connectivity index is 0.00000560. The van der Waals surface area contributed by atoms with Crippen LogP contribution in [0.25, 0.3) is 0 Å². The number of rotatable bonds is 14. The summed E-state index contributed by atoms with van der Waals surface area (Å²) in [5.41, 5.74) is 4.21. The third-order valence-electron chi connectivity index (χ3n) is 6.77. The first-order valence-electron chi connectivity index (χ1n) is 13.9. The van der Waals surface area contributed by atoms with Gasteiger partial charge in [0.1, 0.15) is 37.8 Å². The quantitative estimate of drug-likeness (QED) is 0.169. The van der Waals surface area contributed by atoms with Crippen LogP contribution in [-0.2, 0) is 23.3 Å². The van der Waals surface area contributed by atoms with Crippen LogP contribution in [0.4, 0.5) is 0 Å². The molecule has 0 fully saturated rings. The van der Waals surface area contributed by atoms with Crippen molar-refractivity contribution in [2.75, 3.05) is 40.5 Å². The maximum atomic E-state index is 5.95. The highest BCUT2D eigenvalue weighted by molar-refractivity contribution is 9.10. The molecule has 0 atom stereocenters. The lowest BCUT2D eigenvalue weighted by molar-refractivity contribution is -0.904. The summed E-state index contributed by atoms with van der Waals surface area (Å²) in [6.07, 6.45) is 1.13. The lowest BCUT2D eigenvalue weighted by Gasteiger charge is -2.33. The van der Waals surface area contributed by atoms with Gasteiger partial charge in [-0.25, -0.2) is 0 Å². The number of benzene rings is 3. The van der Waals surface area contributed by atoms with Gasteiger partial charge in [-0.3, -0.25) is 0 Å². The summed E-state index contributed by atoms with van der Waals surface area (Å²) in [5.74, 6) is 1.78. The minimum atomic E-state index is 0. The van der Waals surface area contributed by atoms with E-state index >= 15 is 0 Å². The van der Waals surface area contributed by atoms with Crippen LogP contribution in [0.5, 0.6) is 11.5 Å². The maximum absolute atomic E-state index is 5.95. The molecule has 220 valence electrons. The van der Waals surface area contributed by atoms with Gasteiger partial charge in [0, 0.05) is 10.0 Å². The average molecular weight is 678 g/mol. The molecule has 0 aliphatic carbocycles. The van der Waals surface area contributed by atoms with E-state index in [0.717, 1.165) is 45.5 Å². The molecule has 3 aromatic carbocycles. The lowest BCUT2D eigenvalue weighted by atomic mass is 9.72. The molecule has 0 saturated heterocycles. The third kappa shape index (κ3) is 12.3. The predicted molar refractivity (Wildman–Crippen MR) is 165 cm³/mol. The van der Waals surface area contributed by atoms with Crippen molar-refractivity contribution in [1.29, 1.82) is 0 Å². The number of quaternary nitrogens is 1. The van der Waals surface area contributed by atoms with Crippen molar-refractivity contribution in [2.24, 2.45) is 5.41 Å². The molecule has 0 spiro atoms. The Morgan fingerprint density at radius 3 is 1.98 bits per heavy atom. The minimum absolute atomic E-state index is 0. The van der Waals surface area contributed by atoms with Crippen molar-refractivity contribution in [2.45, 2.75) is 59.6 Å². The standard InChI is InChI=1S/C34H47BrNO3.BrH/c1-33(2,3)26-34(4,5)29-13-17-31(18-14-29)38-22-21-37-20-19-36(6,7)24-27-11-15-32(16-12-27)39-25-28-9-8-10-30(35)23-28;/h8-18,23H,19-22,24-26H2,1-7H3;1H/q+1;/p-1. The molecule has 0 aromatic heterocycles. The van der Waals surface area contributed by atoms with Crippen molar-refractivity contribution in [1.82, 2.24) is 0 Å². The van der Waals surface area contributed by atoms with Gasteiger partial charge in [0.05, 0.1) is 27.3 Å². The Labute approximate surface area is 261 Å². The summed E-state index contributed by atoms with van der Waals surface area (Å²) in [7, 11) is 4.47. The zero-order chi connectivity index (χ0) is 28.5. The van der Waals surface area contributed by atoms with E-state index in [1.54, 1.807) is 0 Å². The summed E-state index contributed by atoms with van der Waals surface area (Å²) >= 11 is 3.51. The Bertz CT molecular complexity index is 1150. The van der Waals surface area contributed by atoms with Crippen LogP contribution in [0.1, 0.15) is 57.7 Å². The molecular weight excluding hydrogens is 630 g/mol. The maximum Gasteiger partial charge on any atom is 0.119 e. The van der Waals surface area contributed by atoms with E-state index in [-0.39, 0.29) is 22.4 Å². The number of hydrogen-bond donors (Lipinski definition) is 0. The number of ether oxygens (including phenoxy) is 3. The van der Waals surface area contributed by atoms with Gasteiger partial charge in [0.25, 0.3) is 0 Å². The van der Waals surface area contributed by atoms with Crippen LogP contribution in [-0.4, -0.2) is 44.9 Å². The monoisotopic (exact) mass is 675 g/mol. The zero-order valence-electron chi connectivity index (χ0n) is 25.3. The second-order valence-corrected chi connectivity index (χ2v) is 13.9. The fourth-order valence-electron chi connectivity index (χ4n) is 5.12. The van der Waals surface area contributed by atoms with Gasteiger partial charge in [0.2, 0.25) is 0 Å². The first-order valence-corrected chi connectivity index (χ1v) is 14.7. The van der Waals surface area contributed by atoms with Crippen LogP contribution in [0.3, 0.4) is 0 Å². The number of halogens is 2. The van der Waals surface area contributed by atoms with Gasteiger partial charge < -0.3 is 35.7 Å². The lowest BCUT2D eigenvalue weighted by Crippen LogP contribution is -3.00. The summed E-state index contributed by atoms with van der Waals surface area (Å²) in [6, 6.07) is 25.2. The predicted octanol–water partition coefficient (Wildman–Crippen LogP) is 5.42. The van der Waals surface area contributed by atoms with Gasteiger partial charge in [-0.2, -0.15) is 0 Å². The molecule has 0 aliphatic rings. The Morgan fingerprint density at radius 1 is 0.725 bits per heavy atom. The topological polar surface area (TPSA) is 27.7 Å². The smallest absolute Gasteiger partial charge is 0.119 e. The SMILES string of the molecule is CC(C)(C)CC(C)(C)c1ccc(OCCOCC[N+](C)(C)Cc2ccc(OCc3cccc(Br)c3)cc2)cc1.[Br-]. The van der Waals surface area contributed by atoms with Crippen LogP contribution in [0, 0.1) is 5.41 Å². The summed E-state index contributed by atoms with van der Waals surface area (Å²) in [4.78, 5) is 0. The Hall–Kier alpha value is -1.86. The van der Waals surface area contributed by atoms with Gasteiger partial charge >= 0.3 is 0 Å². The van der Waals surface area contributed by atoms with Crippen molar-refractivity contribution in [3.8, 4) is 11.5 Å². The molecule has 0 unspecified atom stereocenters. The fraction of sp³-hybridized carbons (Fsp3) is 0.471. The molecule has 3 rings (SSSR count). The van der Waals surface area contributed by atoms with Crippen molar-refractivity contribution < 1.29 is 35.7 Å². The normalized spacial score (nSPS) is 12.1. The average Bonchev–Trinajstić information content (AvgIpc) is 2.84. The number of hydrogen-bond acceptors (Lipinski definition) is 3. The van der Waals surface area contributed by atoms with E-state index in [1.807, 2.05) is 12.1 Å². The molecule has 0 heterocycles. The van der Waals surface area contributed by atoms with Gasteiger partial charge in [-0.1, -0.05) is 74.8 Å². The largest absolute Gasteiger partial charge is 1.00 e. The highest BCUT2D eigenvalue weighted by Crippen LogP contribution is 2.36. The van der Waals surface area contributed by atoms with Gasteiger partial charge in [-0.15, -0.1) is 0 Å². The molecule has 3 aromatic rings. The number of likely N-dealkylation sites (N-methyl/N-ethyl adjacent to an activating group) is 1. The Morgan fingerprint density at radius 2 is 1.35 bits per heavy atom. The summed E-state index contributed by atoms with van der Waals surface area (Å²) in [6.45, 7) is 15.8. The van der Waals surface area contributed by atoms with E-state index in [0.29, 0.717) is 31.8 Å². The highest BCUT2D eigenvalue weighted by atomic mass is 79.9. The number of nitrogens with zero attached hydrogens (tertiary/aromatic N) is 1. The van der Waals surface area contributed by atoms with Crippen molar-refractivity contribution in [3.63, 3.8) is 0 Å². The highest BCUT2D eigenvalue weighted by Gasteiger charge is 2.27. The van der Waals surface area contributed by atoms with Crippen LogP contribution < -0.4 is 26.5 Å². The summed E-state index contributed by atoms with van der Waals surface area (Å²) < 4.78 is 19.7. The van der Waals surface area contributed by atoms with Crippen molar-refractivity contribution >= 4 is 15.9 Å². The zero-order valence-corrected chi connectivity index (χ0v) is 28.5. The molecule has 0 aliphatic heterocycles. The second-order valence-electron chi connectivity index (χ2n) is 13.0. The van der Waals surface area contributed by atoms with Crippen LogP contribution >= 0.6 is 15.9 Å².